The quantitative estimate of drug-likeness (QED) is 0.545. The number of alkyl halides is 3. The summed E-state index contributed by atoms with van der Waals surface area (Å²) in [4.78, 5) is 41.5. The van der Waals surface area contributed by atoms with Gasteiger partial charge in [-0.1, -0.05) is 48.0 Å². The molecule has 0 saturated carbocycles. The number of para-hydroxylation sites is 1. The third kappa shape index (κ3) is 6.13. The molecule has 11 heteroatoms. The van der Waals surface area contributed by atoms with Crippen molar-refractivity contribution in [1.82, 2.24) is 5.32 Å². The summed E-state index contributed by atoms with van der Waals surface area (Å²) >= 11 is 6.30. The molecule has 2 atom stereocenters. The predicted octanol–water partition coefficient (Wildman–Crippen LogP) is 3.71. The molecule has 180 valence electrons. The fourth-order valence-electron chi connectivity index (χ4n) is 3.61. The third-order valence-corrected chi connectivity index (χ3v) is 5.61. The summed E-state index contributed by atoms with van der Waals surface area (Å²) in [6.07, 6.45) is -8.55. The summed E-state index contributed by atoms with van der Waals surface area (Å²) in [5, 5.41) is 5.24. The maximum atomic E-state index is 12.9. The standard InChI is InChI=1S/C23H22ClF3N4O3/c1-12-5-2-3-6-14(12)18-15-7-4-8-16(24)19(15)30-22(34)20(29-18)31-21(33)13(11-17(28)32)9-10-23(25,26)27/h2-8,13,20H,9-11H2,1H3,(H2,28,32)(H,30,34)(H,31,33). The fourth-order valence-corrected chi connectivity index (χ4v) is 3.83. The zero-order valence-corrected chi connectivity index (χ0v) is 18.8. The Morgan fingerprint density at radius 1 is 1.18 bits per heavy atom. The number of anilines is 1. The van der Waals surface area contributed by atoms with Gasteiger partial charge in [-0.25, -0.2) is 4.99 Å². The first-order chi connectivity index (χ1) is 16.0. The molecular weight excluding hydrogens is 473 g/mol. The molecule has 1 aliphatic rings. The first-order valence-corrected chi connectivity index (χ1v) is 10.7. The lowest BCUT2D eigenvalue weighted by molar-refractivity contribution is -0.143. The Morgan fingerprint density at radius 2 is 1.85 bits per heavy atom. The Morgan fingerprint density at radius 3 is 2.50 bits per heavy atom. The molecular formula is C23H22ClF3N4O3. The lowest BCUT2D eigenvalue weighted by atomic mass is 9.97. The van der Waals surface area contributed by atoms with Gasteiger partial charge in [0.2, 0.25) is 18.0 Å². The number of nitrogens with zero attached hydrogens (tertiary/aromatic N) is 1. The number of nitrogens with one attached hydrogen (secondary N) is 2. The van der Waals surface area contributed by atoms with Crippen LogP contribution in [-0.4, -0.2) is 35.8 Å². The highest BCUT2D eigenvalue weighted by Gasteiger charge is 2.34. The largest absolute Gasteiger partial charge is 0.389 e. The van der Waals surface area contributed by atoms with Crippen LogP contribution in [0.1, 0.15) is 36.0 Å². The average molecular weight is 495 g/mol. The maximum Gasteiger partial charge on any atom is 0.389 e. The molecule has 0 fully saturated rings. The second-order valence-corrected chi connectivity index (χ2v) is 8.28. The van der Waals surface area contributed by atoms with Gasteiger partial charge in [0.1, 0.15) is 0 Å². The number of nitrogens with two attached hydrogens (primary N) is 1. The van der Waals surface area contributed by atoms with E-state index in [0.29, 0.717) is 22.5 Å². The van der Waals surface area contributed by atoms with E-state index < -0.39 is 55.2 Å². The molecule has 34 heavy (non-hydrogen) atoms. The van der Waals surface area contributed by atoms with E-state index in [2.05, 4.69) is 15.6 Å². The molecule has 2 unspecified atom stereocenters. The fraction of sp³-hybridized carbons (Fsp3) is 0.304. The number of hydrogen-bond acceptors (Lipinski definition) is 4. The van der Waals surface area contributed by atoms with Crippen LogP contribution in [0.15, 0.2) is 47.5 Å². The predicted molar refractivity (Wildman–Crippen MR) is 121 cm³/mol. The van der Waals surface area contributed by atoms with Crippen molar-refractivity contribution >= 4 is 40.7 Å². The Hall–Kier alpha value is -3.40. The van der Waals surface area contributed by atoms with Gasteiger partial charge < -0.3 is 16.4 Å². The highest BCUT2D eigenvalue weighted by molar-refractivity contribution is 6.36. The smallest absolute Gasteiger partial charge is 0.370 e. The van der Waals surface area contributed by atoms with Gasteiger partial charge in [0.05, 0.1) is 16.4 Å². The van der Waals surface area contributed by atoms with Crippen molar-refractivity contribution in [1.29, 1.82) is 0 Å². The molecule has 0 bridgehead atoms. The Bertz CT molecular complexity index is 1150. The number of benzene rings is 2. The molecule has 0 spiro atoms. The lowest BCUT2D eigenvalue weighted by Gasteiger charge is -2.19. The molecule has 3 rings (SSSR count). The Kier molecular flexibility index (Phi) is 7.61. The van der Waals surface area contributed by atoms with E-state index in [9.17, 15) is 27.6 Å². The van der Waals surface area contributed by atoms with Crippen LogP contribution < -0.4 is 16.4 Å². The number of primary amides is 1. The summed E-state index contributed by atoms with van der Waals surface area (Å²) < 4.78 is 38.1. The average Bonchev–Trinajstić information content (AvgIpc) is 2.88. The van der Waals surface area contributed by atoms with Crippen LogP contribution >= 0.6 is 11.6 Å². The van der Waals surface area contributed by atoms with Gasteiger partial charge in [-0.3, -0.25) is 14.4 Å². The van der Waals surface area contributed by atoms with Crippen LogP contribution in [0, 0.1) is 12.8 Å². The SMILES string of the molecule is Cc1ccccc1C1=NC(NC(=O)C(CCC(F)(F)F)CC(N)=O)C(=O)Nc2c(Cl)cccc21. The summed E-state index contributed by atoms with van der Waals surface area (Å²) in [6, 6.07) is 12.2. The molecule has 0 aliphatic carbocycles. The van der Waals surface area contributed by atoms with E-state index in [1.54, 1.807) is 30.3 Å². The Labute approximate surface area is 198 Å². The van der Waals surface area contributed by atoms with Crippen molar-refractivity contribution in [3.8, 4) is 0 Å². The second-order valence-electron chi connectivity index (χ2n) is 7.88. The van der Waals surface area contributed by atoms with E-state index in [0.717, 1.165) is 5.56 Å². The molecule has 1 heterocycles. The van der Waals surface area contributed by atoms with E-state index >= 15 is 0 Å². The highest BCUT2D eigenvalue weighted by atomic mass is 35.5. The lowest BCUT2D eigenvalue weighted by Crippen LogP contribution is -2.45. The number of aryl methyl sites for hydroxylation is 1. The summed E-state index contributed by atoms with van der Waals surface area (Å²) in [7, 11) is 0. The number of benzodiazepines with no additional fused rings is 1. The van der Waals surface area contributed by atoms with Gasteiger partial charge in [-0.2, -0.15) is 13.2 Å². The zero-order chi connectivity index (χ0) is 25.0. The first-order valence-electron chi connectivity index (χ1n) is 10.3. The normalized spacial score (nSPS) is 16.6. The van der Waals surface area contributed by atoms with E-state index in [-0.39, 0.29) is 5.02 Å². The van der Waals surface area contributed by atoms with Crippen LogP contribution in [0.25, 0.3) is 0 Å². The molecule has 4 N–H and O–H groups in total. The minimum atomic E-state index is -4.52. The van der Waals surface area contributed by atoms with Crippen LogP contribution in [0.2, 0.25) is 5.02 Å². The molecule has 3 amide bonds. The molecule has 2 aromatic carbocycles. The topological polar surface area (TPSA) is 114 Å². The van der Waals surface area contributed by atoms with Crippen molar-refractivity contribution in [2.45, 2.75) is 38.5 Å². The molecule has 7 nitrogen and oxygen atoms in total. The molecule has 0 saturated heterocycles. The highest BCUT2D eigenvalue weighted by Crippen LogP contribution is 2.31. The summed E-state index contributed by atoms with van der Waals surface area (Å²) in [6.45, 7) is 1.84. The van der Waals surface area contributed by atoms with E-state index in [1.165, 1.54) is 0 Å². The van der Waals surface area contributed by atoms with Crippen molar-refractivity contribution in [3.05, 3.63) is 64.2 Å². The zero-order valence-electron chi connectivity index (χ0n) is 18.1. The third-order valence-electron chi connectivity index (χ3n) is 5.30. The van der Waals surface area contributed by atoms with E-state index in [1.807, 2.05) is 19.1 Å². The summed E-state index contributed by atoms with van der Waals surface area (Å²) in [5.41, 5.74) is 7.80. The van der Waals surface area contributed by atoms with Crippen LogP contribution in [0.4, 0.5) is 18.9 Å². The van der Waals surface area contributed by atoms with Crippen molar-refractivity contribution in [3.63, 3.8) is 0 Å². The van der Waals surface area contributed by atoms with Gasteiger partial charge in [-0.05, 0) is 25.0 Å². The number of carbonyl (C=O) groups excluding carboxylic acids is 3. The van der Waals surface area contributed by atoms with Crippen LogP contribution in [0.5, 0.6) is 0 Å². The molecule has 1 aliphatic heterocycles. The minimum absolute atomic E-state index is 0.246. The number of fused-ring (bicyclic) bond motifs is 1. The molecule has 0 aromatic heterocycles. The number of rotatable bonds is 7. The van der Waals surface area contributed by atoms with Crippen molar-refractivity contribution in [2.24, 2.45) is 16.6 Å². The van der Waals surface area contributed by atoms with Crippen LogP contribution in [0.3, 0.4) is 0 Å². The number of hydrogen-bond donors (Lipinski definition) is 3. The van der Waals surface area contributed by atoms with Gasteiger partial charge in [-0.15, -0.1) is 0 Å². The summed E-state index contributed by atoms with van der Waals surface area (Å²) in [5.74, 6) is -3.98. The number of amides is 3. The number of aliphatic imine (C=N–C) groups is 1. The van der Waals surface area contributed by atoms with Gasteiger partial charge in [0.15, 0.2) is 0 Å². The monoisotopic (exact) mass is 494 g/mol. The van der Waals surface area contributed by atoms with Gasteiger partial charge in [0.25, 0.3) is 5.91 Å². The van der Waals surface area contributed by atoms with Crippen molar-refractivity contribution < 1.29 is 27.6 Å². The maximum absolute atomic E-state index is 12.9. The number of halogens is 4. The van der Waals surface area contributed by atoms with E-state index in [4.69, 9.17) is 17.3 Å². The van der Waals surface area contributed by atoms with Gasteiger partial charge >= 0.3 is 6.18 Å². The van der Waals surface area contributed by atoms with Gasteiger partial charge in [0, 0.05) is 29.9 Å². The minimum Gasteiger partial charge on any atom is -0.370 e. The first kappa shape index (κ1) is 25.2. The van der Waals surface area contributed by atoms with Crippen molar-refractivity contribution in [2.75, 3.05) is 5.32 Å². The molecule has 2 aromatic rings. The Balaban J connectivity index is 1.99. The van der Waals surface area contributed by atoms with Crippen LogP contribution in [-0.2, 0) is 14.4 Å². The second kappa shape index (κ2) is 10.3. The number of carbonyl (C=O) groups is 3. The molecule has 0 radical (unpaired) electrons.